The number of nitrogens with zero attached hydrogens (tertiary/aromatic N) is 1. The Morgan fingerprint density at radius 3 is 2.50 bits per heavy atom. The minimum absolute atomic E-state index is 0.202. The molecule has 0 aromatic heterocycles. The summed E-state index contributed by atoms with van der Waals surface area (Å²) < 4.78 is 0. The van der Waals surface area contributed by atoms with Gasteiger partial charge in [0.1, 0.15) is 0 Å². The normalized spacial score (nSPS) is 25.7. The smallest absolute Gasteiger partial charge is 0.228 e. The van der Waals surface area contributed by atoms with Crippen LogP contribution in [0.1, 0.15) is 33.6 Å². The second kappa shape index (κ2) is 6.53. The summed E-state index contributed by atoms with van der Waals surface area (Å²) in [6.07, 6.45) is 1.96. The minimum Gasteiger partial charge on any atom is -0.353 e. The lowest BCUT2D eigenvalue weighted by Crippen LogP contribution is -2.49. The van der Waals surface area contributed by atoms with Crippen LogP contribution < -0.4 is 10.6 Å². The van der Waals surface area contributed by atoms with E-state index in [1.807, 2.05) is 0 Å². The van der Waals surface area contributed by atoms with Gasteiger partial charge in [0, 0.05) is 12.6 Å². The predicted octanol–water partition coefficient (Wildman–Crippen LogP) is 1.08. The van der Waals surface area contributed by atoms with Crippen LogP contribution in [-0.4, -0.2) is 50.6 Å². The summed E-state index contributed by atoms with van der Waals surface area (Å²) in [4.78, 5) is 14.6. The zero-order valence-corrected chi connectivity index (χ0v) is 12.5. The molecule has 4 nitrogen and oxygen atoms in total. The molecule has 1 amide bonds. The zero-order chi connectivity index (χ0) is 13.8. The minimum atomic E-state index is -0.202. The molecule has 0 spiro atoms. The quantitative estimate of drug-likeness (QED) is 0.746. The summed E-state index contributed by atoms with van der Waals surface area (Å²) in [5, 5.41) is 6.52. The van der Waals surface area contributed by atoms with Gasteiger partial charge in [-0.2, -0.15) is 0 Å². The van der Waals surface area contributed by atoms with Gasteiger partial charge in [-0.1, -0.05) is 13.8 Å². The molecule has 0 aromatic rings. The van der Waals surface area contributed by atoms with Crippen molar-refractivity contribution >= 4 is 5.91 Å². The van der Waals surface area contributed by atoms with Gasteiger partial charge >= 0.3 is 0 Å². The summed E-state index contributed by atoms with van der Waals surface area (Å²) in [5.74, 6) is 0.613. The first-order valence-corrected chi connectivity index (χ1v) is 7.05. The van der Waals surface area contributed by atoms with E-state index in [0.29, 0.717) is 5.92 Å². The lowest BCUT2D eigenvalue weighted by Gasteiger charge is -2.32. The number of hydrogen-bond donors (Lipinski definition) is 2. The molecule has 0 aliphatic carbocycles. The first-order valence-electron chi connectivity index (χ1n) is 7.05. The topological polar surface area (TPSA) is 44.4 Å². The molecule has 0 bridgehead atoms. The molecule has 1 heterocycles. The first-order chi connectivity index (χ1) is 8.38. The van der Waals surface area contributed by atoms with Gasteiger partial charge in [0.15, 0.2) is 0 Å². The molecule has 106 valence electrons. The Hall–Kier alpha value is -0.610. The molecule has 4 heteroatoms. The fraction of sp³-hybridized carbons (Fsp3) is 0.929. The van der Waals surface area contributed by atoms with Gasteiger partial charge in [-0.15, -0.1) is 0 Å². The van der Waals surface area contributed by atoms with E-state index in [2.05, 4.69) is 50.4 Å². The van der Waals surface area contributed by atoms with Gasteiger partial charge < -0.3 is 15.5 Å². The van der Waals surface area contributed by atoms with Crippen LogP contribution in [-0.2, 0) is 4.79 Å². The molecule has 2 atom stereocenters. The first kappa shape index (κ1) is 15.4. The van der Waals surface area contributed by atoms with E-state index in [-0.39, 0.29) is 17.4 Å². The highest BCUT2D eigenvalue weighted by Crippen LogP contribution is 2.34. The molecular weight excluding hydrogens is 226 g/mol. The Labute approximate surface area is 111 Å². The van der Waals surface area contributed by atoms with Crippen LogP contribution >= 0.6 is 0 Å². The van der Waals surface area contributed by atoms with E-state index in [0.717, 1.165) is 32.5 Å². The van der Waals surface area contributed by atoms with Crippen molar-refractivity contribution in [2.75, 3.05) is 33.7 Å². The van der Waals surface area contributed by atoms with Gasteiger partial charge in [0.2, 0.25) is 5.91 Å². The van der Waals surface area contributed by atoms with Crippen molar-refractivity contribution in [3.8, 4) is 0 Å². The molecular formula is C14H29N3O. The molecule has 1 aliphatic rings. The maximum Gasteiger partial charge on any atom is 0.228 e. The van der Waals surface area contributed by atoms with Gasteiger partial charge in [0.25, 0.3) is 0 Å². The SMILES string of the molecule is CC(CCN(C)C)NC(=O)C1(C(C)C)CCNC1. The van der Waals surface area contributed by atoms with Gasteiger partial charge in [-0.3, -0.25) is 4.79 Å². The third-order valence-corrected chi connectivity index (χ3v) is 4.13. The van der Waals surface area contributed by atoms with E-state index in [1.165, 1.54) is 0 Å². The second-order valence-electron chi connectivity index (χ2n) is 6.20. The molecule has 0 aromatic carbocycles. The van der Waals surface area contributed by atoms with Crippen LogP contribution in [0.25, 0.3) is 0 Å². The summed E-state index contributed by atoms with van der Waals surface area (Å²) in [5.41, 5.74) is -0.202. The molecule has 0 radical (unpaired) electrons. The highest BCUT2D eigenvalue weighted by molar-refractivity contribution is 5.83. The molecule has 1 rings (SSSR count). The van der Waals surface area contributed by atoms with Crippen molar-refractivity contribution in [2.45, 2.75) is 39.7 Å². The number of amides is 1. The third-order valence-electron chi connectivity index (χ3n) is 4.13. The highest BCUT2D eigenvalue weighted by atomic mass is 16.2. The largest absolute Gasteiger partial charge is 0.353 e. The highest BCUT2D eigenvalue weighted by Gasteiger charge is 2.43. The maximum absolute atomic E-state index is 12.5. The Bertz CT molecular complexity index is 270. The molecule has 0 saturated carbocycles. The monoisotopic (exact) mass is 255 g/mol. The molecule has 2 unspecified atom stereocenters. The van der Waals surface area contributed by atoms with E-state index >= 15 is 0 Å². The van der Waals surface area contributed by atoms with Crippen molar-refractivity contribution < 1.29 is 4.79 Å². The fourth-order valence-corrected chi connectivity index (χ4v) is 2.55. The van der Waals surface area contributed by atoms with Crippen LogP contribution in [0.5, 0.6) is 0 Å². The Balaban J connectivity index is 2.52. The van der Waals surface area contributed by atoms with Gasteiger partial charge in [0.05, 0.1) is 5.41 Å². The standard InChI is InChI=1S/C14H29N3O/c1-11(2)14(7-8-15-10-14)13(18)16-12(3)6-9-17(4)5/h11-12,15H,6-10H2,1-5H3,(H,16,18). The predicted molar refractivity (Wildman–Crippen MR) is 75.5 cm³/mol. The molecule has 18 heavy (non-hydrogen) atoms. The van der Waals surface area contributed by atoms with E-state index in [9.17, 15) is 4.79 Å². The number of rotatable bonds is 6. The Kier molecular flexibility index (Phi) is 5.60. The fourth-order valence-electron chi connectivity index (χ4n) is 2.55. The van der Waals surface area contributed by atoms with Crippen molar-refractivity contribution in [1.82, 2.24) is 15.5 Å². The summed E-state index contributed by atoms with van der Waals surface area (Å²) in [7, 11) is 4.12. The van der Waals surface area contributed by atoms with Gasteiger partial charge in [-0.25, -0.2) is 0 Å². The molecule has 1 saturated heterocycles. The zero-order valence-electron chi connectivity index (χ0n) is 12.5. The van der Waals surface area contributed by atoms with E-state index in [1.54, 1.807) is 0 Å². The number of nitrogens with one attached hydrogen (secondary N) is 2. The average molecular weight is 255 g/mol. The average Bonchev–Trinajstić information content (AvgIpc) is 2.76. The molecule has 2 N–H and O–H groups in total. The number of carbonyl (C=O) groups is 1. The van der Waals surface area contributed by atoms with E-state index < -0.39 is 0 Å². The molecule has 1 aliphatic heterocycles. The number of hydrogen-bond acceptors (Lipinski definition) is 3. The third kappa shape index (κ3) is 3.69. The molecule has 1 fully saturated rings. The van der Waals surface area contributed by atoms with Crippen molar-refractivity contribution in [1.29, 1.82) is 0 Å². The summed E-state index contributed by atoms with van der Waals surface area (Å²) >= 11 is 0. The number of carbonyl (C=O) groups excluding carboxylic acids is 1. The maximum atomic E-state index is 12.5. The van der Waals surface area contributed by atoms with Crippen molar-refractivity contribution in [3.05, 3.63) is 0 Å². The lowest BCUT2D eigenvalue weighted by molar-refractivity contribution is -0.133. The lowest BCUT2D eigenvalue weighted by atomic mass is 9.75. The van der Waals surface area contributed by atoms with E-state index in [4.69, 9.17) is 0 Å². The summed E-state index contributed by atoms with van der Waals surface area (Å²) in [6, 6.07) is 0.246. The van der Waals surface area contributed by atoms with Crippen LogP contribution in [0.4, 0.5) is 0 Å². The van der Waals surface area contributed by atoms with Crippen LogP contribution in [0.2, 0.25) is 0 Å². The Morgan fingerprint density at radius 1 is 1.39 bits per heavy atom. The van der Waals surface area contributed by atoms with Crippen molar-refractivity contribution in [3.63, 3.8) is 0 Å². The van der Waals surface area contributed by atoms with Crippen molar-refractivity contribution in [2.24, 2.45) is 11.3 Å². The van der Waals surface area contributed by atoms with Crippen LogP contribution in [0, 0.1) is 11.3 Å². The second-order valence-corrected chi connectivity index (χ2v) is 6.20. The summed E-state index contributed by atoms with van der Waals surface area (Å²) in [6.45, 7) is 9.18. The Morgan fingerprint density at radius 2 is 2.06 bits per heavy atom. The van der Waals surface area contributed by atoms with Crippen LogP contribution in [0.3, 0.4) is 0 Å². The van der Waals surface area contributed by atoms with Crippen LogP contribution in [0.15, 0.2) is 0 Å². The van der Waals surface area contributed by atoms with Gasteiger partial charge in [-0.05, 0) is 52.9 Å².